The predicted molar refractivity (Wildman–Crippen MR) is 161 cm³/mol. The van der Waals surface area contributed by atoms with Crippen molar-refractivity contribution in [1.82, 2.24) is 19.8 Å². The summed E-state index contributed by atoms with van der Waals surface area (Å²) >= 11 is 0. The van der Waals surface area contributed by atoms with Crippen molar-refractivity contribution in [3.63, 3.8) is 0 Å². The minimum Gasteiger partial charge on any atom is -0.494 e. The third kappa shape index (κ3) is 7.10. The molecule has 3 aromatic carbocycles. The molecule has 8 heteroatoms. The average Bonchev–Trinajstić information content (AvgIpc) is 2.98. The Morgan fingerprint density at radius 3 is 2.05 bits per heavy atom. The highest BCUT2D eigenvalue weighted by Gasteiger charge is 2.21. The van der Waals surface area contributed by atoms with Crippen LogP contribution in [-0.2, 0) is 13.0 Å². The van der Waals surface area contributed by atoms with Crippen molar-refractivity contribution in [1.29, 1.82) is 0 Å². The first-order valence-electron chi connectivity index (χ1n) is 13.8. The highest BCUT2D eigenvalue weighted by Crippen LogP contribution is 2.20. The van der Waals surface area contributed by atoms with Gasteiger partial charge in [-0.1, -0.05) is 48.5 Å². The van der Waals surface area contributed by atoms with E-state index in [4.69, 9.17) is 4.74 Å². The van der Waals surface area contributed by atoms with Crippen LogP contribution in [0.25, 0.3) is 12.2 Å². The Bertz CT molecular complexity index is 1750. The summed E-state index contributed by atoms with van der Waals surface area (Å²) < 4.78 is 5.75. The summed E-state index contributed by atoms with van der Waals surface area (Å²) in [6.45, 7) is 2.85. The topological polar surface area (TPSA) is 98.5 Å². The zero-order valence-corrected chi connectivity index (χ0v) is 23.4. The quantitative estimate of drug-likeness (QED) is 0.328. The van der Waals surface area contributed by atoms with Crippen molar-refractivity contribution in [3.05, 3.63) is 132 Å². The number of nitrogens with one attached hydrogen (secondary N) is 2. The second kappa shape index (κ2) is 12.7. The van der Waals surface area contributed by atoms with Crippen molar-refractivity contribution >= 4 is 18.1 Å². The first-order valence-corrected chi connectivity index (χ1v) is 13.8. The Kier molecular flexibility index (Phi) is 8.60. The Labute approximate surface area is 238 Å². The molecule has 0 aliphatic carbocycles. The number of hydrogen-bond donors (Lipinski definition) is 2. The number of benzene rings is 3. The standard InChI is InChI=1S/C33H34N4O4/c1-36(2)17-5-19-41-28-14-10-24(11-15-28)21-30-32(39)34-29(31(38)35-30)20-23-8-12-26(13-9-23)33(40)37-18-16-25-6-3-4-7-27(25)22-37/h3-4,6-15,20-21H,5,16-19,22H2,1-2H3,(H,34,39)(H,35,38). The molecule has 0 saturated heterocycles. The molecular formula is C33H34N4O4. The van der Waals surface area contributed by atoms with Crippen molar-refractivity contribution in [2.75, 3.05) is 33.8 Å². The number of ether oxygens (including phenoxy) is 1. The van der Waals surface area contributed by atoms with E-state index in [0.29, 0.717) is 30.8 Å². The van der Waals surface area contributed by atoms with E-state index in [1.165, 1.54) is 11.1 Å². The monoisotopic (exact) mass is 550 g/mol. The van der Waals surface area contributed by atoms with Gasteiger partial charge in [-0.05, 0) is 85.6 Å². The van der Waals surface area contributed by atoms with Gasteiger partial charge in [0.15, 0.2) is 0 Å². The van der Waals surface area contributed by atoms with Gasteiger partial charge in [0, 0.05) is 25.2 Å². The molecule has 0 spiro atoms. The van der Waals surface area contributed by atoms with Gasteiger partial charge < -0.3 is 24.5 Å². The van der Waals surface area contributed by atoms with Gasteiger partial charge in [-0.2, -0.15) is 0 Å². The summed E-state index contributed by atoms with van der Waals surface area (Å²) in [6, 6.07) is 22.6. The van der Waals surface area contributed by atoms with Crippen molar-refractivity contribution in [2.45, 2.75) is 19.4 Å². The van der Waals surface area contributed by atoms with Crippen molar-refractivity contribution < 1.29 is 9.53 Å². The maximum Gasteiger partial charge on any atom is 0.272 e. The number of carbonyl (C=O) groups is 1. The van der Waals surface area contributed by atoms with Gasteiger partial charge >= 0.3 is 0 Å². The number of aromatic amines is 2. The molecule has 1 aliphatic rings. The maximum absolute atomic E-state index is 13.1. The van der Waals surface area contributed by atoms with E-state index in [9.17, 15) is 14.4 Å². The smallest absolute Gasteiger partial charge is 0.272 e. The Balaban J connectivity index is 1.27. The number of amides is 1. The van der Waals surface area contributed by atoms with Gasteiger partial charge in [-0.3, -0.25) is 14.4 Å². The molecule has 1 amide bonds. The van der Waals surface area contributed by atoms with Crippen LogP contribution < -0.4 is 26.6 Å². The maximum atomic E-state index is 13.1. The van der Waals surface area contributed by atoms with Crippen molar-refractivity contribution in [3.8, 4) is 5.75 Å². The van der Waals surface area contributed by atoms with E-state index in [-0.39, 0.29) is 16.6 Å². The Hall–Kier alpha value is -4.69. The van der Waals surface area contributed by atoms with Gasteiger partial charge in [-0.15, -0.1) is 0 Å². The van der Waals surface area contributed by atoms with E-state index < -0.39 is 11.1 Å². The average molecular weight is 551 g/mol. The number of H-pyrrole nitrogens is 2. The summed E-state index contributed by atoms with van der Waals surface area (Å²) in [7, 11) is 4.05. The molecule has 0 fully saturated rings. The summed E-state index contributed by atoms with van der Waals surface area (Å²) in [5, 5.41) is 0.302. The van der Waals surface area contributed by atoms with Gasteiger partial charge in [0.25, 0.3) is 17.0 Å². The van der Waals surface area contributed by atoms with Crippen LogP contribution in [0, 0.1) is 0 Å². The summed E-state index contributed by atoms with van der Waals surface area (Å²) in [4.78, 5) is 47.9. The fourth-order valence-electron chi connectivity index (χ4n) is 4.83. The van der Waals surface area contributed by atoms with Crippen LogP contribution in [0.15, 0.2) is 82.4 Å². The van der Waals surface area contributed by atoms with Crippen LogP contribution in [0.2, 0.25) is 0 Å². The van der Waals surface area contributed by atoms with E-state index in [1.54, 1.807) is 36.4 Å². The first-order chi connectivity index (χ1) is 19.9. The lowest BCUT2D eigenvalue weighted by molar-refractivity contribution is 0.0734. The molecule has 0 unspecified atom stereocenters. The molecule has 0 atom stereocenters. The summed E-state index contributed by atoms with van der Waals surface area (Å²) in [5.74, 6) is 0.725. The van der Waals surface area contributed by atoms with Crippen LogP contribution in [-0.4, -0.2) is 59.5 Å². The van der Waals surface area contributed by atoms with Gasteiger partial charge in [0.1, 0.15) is 16.4 Å². The Morgan fingerprint density at radius 1 is 0.854 bits per heavy atom. The Morgan fingerprint density at radius 2 is 1.44 bits per heavy atom. The van der Waals surface area contributed by atoms with Crippen LogP contribution in [0.1, 0.15) is 39.0 Å². The molecule has 8 nitrogen and oxygen atoms in total. The number of nitrogens with zero attached hydrogens (tertiary/aromatic N) is 2. The molecule has 2 N–H and O–H groups in total. The van der Waals surface area contributed by atoms with Crippen LogP contribution in [0.3, 0.4) is 0 Å². The molecule has 5 rings (SSSR count). The number of aromatic nitrogens is 2. The van der Waals surface area contributed by atoms with Gasteiger partial charge in [0.05, 0.1) is 6.61 Å². The van der Waals surface area contributed by atoms with Crippen LogP contribution in [0.5, 0.6) is 5.75 Å². The molecule has 0 saturated carbocycles. The molecule has 2 heterocycles. The van der Waals surface area contributed by atoms with E-state index in [2.05, 4.69) is 27.0 Å². The van der Waals surface area contributed by atoms with Crippen LogP contribution in [0.4, 0.5) is 0 Å². The van der Waals surface area contributed by atoms with Gasteiger partial charge in [0.2, 0.25) is 0 Å². The molecule has 0 radical (unpaired) electrons. The predicted octanol–water partition coefficient (Wildman–Crippen LogP) is 2.25. The molecular weight excluding hydrogens is 516 g/mol. The van der Waals surface area contributed by atoms with E-state index in [1.807, 2.05) is 55.4 Å². The third-order valence-corrected chi connectivity index (χ3v) is 7.08. The second-order valence-corrected chi connectivity index (χ2v) is 10.5. The second-order valence-electron chi connectivity index (χ2n) is 10.5. The molecule has 4 aromatic rings. The van der Waals surface area contributed by atoms with Crippen molar-refractivity contribution in [2.24, 2.45) is 0 Å². The lowest BCUT2D eigenvalue weighted by Gasteiger charge is -2.29. The zero-order valence-electron chi connectivity index (χ0n) is 23.4. The number of hydrogen-bond acceptors (Lipinski definition) is 5. The fourth-order valence-corrected chi connectivity index (χ4v) is 4.83. The normalized spacial score (nSPS) is 13.9. The number of carbonyl (C=O) groups excluding carboxylic acids is 1. The summed E-state index contributed by atoms with van der Waals surface area (Å²) in [6.07, 6.45) is 4.99. The highest BCUT2D eigenvalue weighted by atomic mass is 16.5. The van der Waals surface area contributed by atoms with E-state index >= 15 is 0 Å². The summed E-state index contributed by atoms with van der Waals surface area (Å²) in [5.41, 5.74) is 3.70. The SMILES string of the molecule is CN(C)CCCOc1ccc(C=c2[nH]c(=O)c(=Cc3ccc(C(=O)N4CCc5ccccc5C4)cc3)[nH]c2=O)cc1. The van der Waals surface area contributed by atoms with Crippen LogP contribution >= 0.6 is 0 Å². The first kappa shape index (κ1) is 27.9. The zero-order chi connectivity index (χ0) is 28.8. The fraction of sp³-hybridized carbons (Fsp3) is 0.242. The highest BCUT2D eigenvalue weighted by molar-refractivity contribution is 5.94. The molecule has 0 bridgehead atoms. The van der Waals surface area contributed by atoms with E-state index in [0.717, 1.165) is 30.7 Å². The molecule has 1 aliphatic heterocycles. The minimum atomic E-state index is -0.413. The van der Waals surface area contributed by atoms with Gasteiger partial charge in [-0.25, -0.2) is 0 Å². The lowest BCUT2D eigenvalue weighted by Crippen LogP contribution is -2.46. The third-order valence-electron chi connectivity index (χ3n) is 7.08. The molecule has 41 heavy (non-hydrogen) atoms. The minimum absolute atomic E-state index is 0.0267. The number of rotatable bonds is 8. The molecule has 210 valence electrons. The molecule has 1 aromatic heterocycles. The lowest BCUT2D eigenvalue weighted by atomic mass is 9.99. The largest absolute Gasteiger partial charge is 0.494 e. The number of fused-ring (bicyclic) bond motifs is 1.